The summed E-state index contributed by atoms with van der Waals surface area (Å²) >= 11 is 3.36. The molecule has 2 unspecified atom stereocenters. The summed E-state index contributed by atoms with van der Waals surface area (Å²) in [7, 11) is 0. The van der Waals surface area contributed by atoms with Gasteiger partial charge in [-0.3, -0.25) is 0 Å². The maximum atomic E-state index is 4.36. The Hall–Kier alpha value is -0.680. The van der Waals surface area contributed by atoms with Crippen LogP contribution in [0.5, 0.6) is 0 Å². The molecule has 0 saturated carbocycles. The highest BCUT2D eigenvalue weighted by atomic mass is 79.9. The fraction of sp³-hybridized carbons (Fsp3) is 0.636. The Morgan fingerprint density at radius 1 is 1.25 bits per heavy atom. The Morgan fingerprint density at radius 3 is 2.81 bits per heavy atom. The van der Waals surface area contributed by atoms with Crippen LogP contribution < -0.4 is 10.2 Å². The van der Waals surface area contributed by atoms with Crippen molar-refractivity contribution in [2.75, 3.05) is 31.1 Å². The van der Waals surface area contributed by atoms with Gasteiger partial charge in [-0.05, 0) is 47.3 Å². The number of hydrogen-bond donors (Lipinski definition) is 1. The third kappa shape index (κ3) is 1.94. The van der Waals surface area contributed by atoms with Crippen LogP contribution in [0.1, 0.15) is 6.42 Å². The van der Waals surface area contributed by atoms with E-state index in [4.69, 9.17) is 0 Å². The summed E-state index contributed by atoms with van der Waals surface area (Å²) in [4.78, 5) is 11.0. The minimum absolute atomic E-state index is 0.779. The standard InChI is InChI=1S/C11H15BrN4/c12-10-5-14-11(15-6-10)16-2-1-8-3-13-4-9(8)7-16/h5-6,8-9,13H,1-4,7H2. The van der Waals surface area contributed by atoms with Crippen molar-refractivity contribution in [2.24, 2.45) is 11.8 Å². The van der Waals surface area contributed by atoms with Crippen molar-refractivity contribution in [3.8, 4) is 0 Å². The summed E-state index contributed by atoms with van der Waals surface area (Å²) in [5, 5.41) is 3.47. The summed E-state index contributed by atoms with van der Waals surface area (Å²) in [6.45, 7) is 4.53. The van der Waals surface area contributed by atoms with Crippen LogP contribution in [0.3, 0.4) is 0 Å². The zero-order valence-corrected chi connectivity index (χ0v) is 10.7. The minimum Gasteiger partial charge on any atom is -0.340 e. The molecular formula is C11H15BrN4. The smallest absolute Gasteiger partial charge is 0.225 e. The van der Waals surface area contributed by atoms with Crippen LogP contribution in [-0.4, -0.2) is 36.1 Å². The summed E-state index contributed by atoms with van der Waals surface area (Å²) < 4.78 is 0.939. The van der Waals surface area contributed by atoms with E-state index in [1.165, 1.54) is 13.0 Å². The van der Waals surface area contributed by atoms with E-state index in [1.807, 2.05) is 12.4 Å². The molecule has 0 aliphatic carbocycles. The van der Waals surface area contributed by atoms with Gasteiger partial charge in [0.2, 0.25) is 5.95 Å². The third-order valence-corrected chi connectivity index (χ3v) is 4.00. The number of nitrogens with one attached hydrogen (secondary N) is 1. The van der Waals surface area contributed by atoms with E-state index in [1.54, 1.807) is 0 Å². The molecule has 86 valence electrons. The lowest BCUT2D eigenvalue weighted by atomic mass is 9.89. The number of anilines is 1. The first kappa shape index (κ1) is 10.5. The molecule has 1 aromatic rings. The fourth-order valence-corrected chi connectivity index (χ4v) is 2.89. The molecule has 2 aliphatic rings. The maximum absolute atomic E-state index is 4.36. The van der Waals surface area contributed by atoms with Crippen molar-refractivity contribution in [1.82, 2.24) is 15.3 Å². The summed E-state index contributed by atoms with van der Waals surface area (Å²) in [6, 6.07) is 0. The van der Waals surface area contributed by atoms with Crippen LogP contribution in [-0.2, 0) is 0 Å². The molecule has 0 amide bonds. The highest BCUT2D eigenvalue weighted by Gasteiger charge is 2.33. The topological polar surface area (TPSA) is 41.1 Å². The molecule has 0 bridgehead atoms. The van der Waals surface area contributed by atoms with E-state index < -0.39 is 0 Å². The van der Waals surface area contributed by atoms with Crippen molar-refractivity contribution >= 4 is 21.9 Å². The van der Waals surface area contributed by atoms with Gasteiger partial charge in [0.15, 0.2) is 0 Å². The van der Waals surface area contributed by atoms with E-state index in [9.17, 15) is 0 Å². The molecule has 2 fully saturated rings. The SMILES string of the molecule is Brc1cnc(N2CCC3CNCC3C2)nc1. The van der Waals surface area contributed by atoms with E-state index >= 15 is 0 Å². The average Bonchev–Trinajstić information content (AvgIpc) is 2.77. The largest absolute Gasteiger partial charge is 0.340 e. The van der Waals surface area contributed by atoms with Gasteiger partial charge in [-0.15, -0.1) is 0 Å². The maximum Gasteiger partial charge on any atom is 0.225 e. The number of halogens is 1. The van der Waals surface area contributed by atoms with Crippen LogP contribution >= 0.6 is 15.9 Å². The van der Waals surface area contributed by atoms with Crippen LogP contribution in [0.2, 0.25) is 0 Å². The second-order valence-corrected chi connectivity index (χ2v) is 5.53. The first-order valence-electron chi connectivity index (χ1n) is 5.76. The second kappa shape index (κ2) is 4.30. The monoisotopic (exact) mass is 282 g/mol. The molecular weight excluding hydrogens is 268 g/mol. The van der Waals surface area contributed by atoms with Gasteiger partial charge in [-0.1, -0.05) is 0 Å². The number of piperidine rings is 1. The first-order chi connectivity index (χ1) is 7.83. The van der Waals surface area contributed by atoms with Gasteiger partial charge in [0.25, 0.3) is 0 Å². The Bertz CT molecular complexity index is 367. The number of aromatic nitrogens is 2. The van der Waals surface area contributed by atoms with E-state index in [0.717, 1.165) is 41.9 Å². The van der Waals surface area contributed by atoms with Crippen molar-refractivity contribution in [1.29, 1.82) is 0 Å². The van der Waals surface area contributed by atoms with Gasteiger partial charge in [-0.2, -0.15) is 0 Å². The van der Waals surface area contributed by atoms with Crippen molar-refractivity contribution in [3.05, 3.63) is 16.9 Å². The van der Waals surface area contributed by atoms with Gasteiger partial charge in [0, 0.05) is 25.5 Å². The van der Waals surface area contributed by atoms with E-state index in [0.29, 0.717) is 0 Å². The minimum atomic E-state index is 0.779. The van der Waals surface area contributed by atoms with Crippen molar-refractivity contribution in [2.45, 2.75) is 6.42 Å². The molecule has 5 heteroatoms. The second-order valence-electron chi connectivity index (χ2n) is 4.61. The van der Waals surface area contributed by atoms with Crippen LogP contribution in [0, 0.1) is 11.8 Å². The number of rotatable bonds is 1. The molecule has 4 nitrogen and oxygen atoms in total. The van der Waals surface area contributed by atoms with Crippen LogP contribution in [0.25, 0.3) is 0 Å². The molecule has 3 rings (SSSR count). The Kier molecular flexibility index (Phi) is 2.81. The lowest BCUT2D eigenvalue weighted by Crippen LogP contribution is -2.40. The zero-order chi connectivity index (χ0) is 11.0. The Morgan fingerprint density at radius 2 is 2.00 bits per heavy atom. The molecule has 1 N–H and O–H groups in total. The van der Waals surface area contributed by atoms with Crippen LogP contribution in [0.15, 0.2) is 16.9 Å². The fourth-order valence-electron chi connectivity index (χ4n) is 2.69. The molecule has 2 atom stereocenters. The van der Waals surface area contributed by atoms with Gasteiger partial charge in [0.05, 0.1) is 4.47 Å². The summed E-state index contributed by atoms with van der Waals surface area (Å²) in [5.41, 5.74) is 0. The lowest BCUT2D eigenvalue weighted by Gasteiger charge is -2.34. The summed E-state index contributed by atoms with van der Waals surface area (Å²) in [6.07, 6.45) is 4.90. The molecule has 3 heterocycles. The molecule has 1 aromatic heterocycles. The third-order valence-electron chi connectivity index (χ3n) is 3.59. The Labute approximate surface area is 104 Å². The predicted octanol–water partition coefficient (Wildman–Crippen LogP) is 1.28. The molecule has 0 radical (unpaired) electrons. The van der Waals surface area contributed by atoms with Crippen molar-refractivity contribution < 1.29 is 0 Å². The van der Waals surface area contributed by atoms with Crippen molar-refractivity contribution in [3.63, 3.8) is 0 Å². The molecule has 0 spiro atoms. The number of nitrogens with zero attached hydrogens (tertiary/aromatic N) is 3. The number of fused-ring (bicyclic) bond motifs is 1. The summed E-state index contributed by atoms with van der Waals surface area (Å²) in [5.74, 6) is 2.52. The molecule has 2 aliphatic heterocycles. The van der Waals surface area contributed by atoms with E-state index in [-0.39, 0.29) is 0 Å². The lowest BCUT2D eigenvalue weighted by molar-refractivity contribution is 0.346. The predicted molar refractivity (Wildman–Crippen MR) is 66.4 cm³/mol. The Balaban J connectivity index is 1.74. The van der Waals surface area contributed by atoms with Gasteiger partial charge >= 0.3 is 0 Å². The first-order valence-corrected chi connectivity index (χ1v) is 6.55. The normalized spacial score (nSPS) is 29.2. The van der Waals surface area contributed by atoms with Gasteiger partial charge in [-0.25, -0.2) is 9.97 Å². The molecule has 0 aromatic carbocycles. The average molecular weight is 283 g/mol. The van der Waals surface area contributed by atoms with Gasteiger partial charge in [0.1, 0.15) is 0 Å². The van der Waals surface area contributed by atoms with E-state index in [2.05, 4.69) is 36.1 Å². The quantitative estimate of drug-likeness (QED) is 0.843. The van der Waals surface area contributed by atoms with Gasteiger partial charge < -0.3 is 10.2 Å². The molecule has 2 saturated heterocycles. The molecule has 16 heavy (non-hydrogen) atoms. The highest BCUT2D eigenvalue weighted by Crippen LogP contribution is 2.28. The van der Waals surface area contributed by atoms with Crippen LogP contribution in [0.4, 0.5) is 5.95 Å². The zero-order valence-electron chi connectivity index (χ0n) is 9.06. The number of hydrogen-bond acceptors (Lipinski definition) is 4. The highest BCUT2D eigenvalue weighted by molar-refractivity contribution is 9.10.